The zero-order valence-electron chi connectivity index (χ0n) is 17.0. The minimum atomic E-state index is -0.114. The van der Waals surface area contributed by atoms with Crippen molar-refractivity contribution in [3.8, 4) is 0 Å². The SMILES string of the molecule is CN=C(NCC1(c2ccccc2F)CC1)N(C)Cc1cn(C)nc1C(C)C. The first-order chi connectivity index (χ1) is 12.9. The highest BCUT2D eigenvalue weighted by Crippen LogP contribution is 2.48. The van der Waals surface area contributed by atoms with Gasteiger partial charge in [-0.15, -0.1) is 0 Å². The standard InChI is InChI=1S/C21H30FN5/c1-15(2)19-16(13-27(5)25-19)12-26(4)20(23-3)24-14-21(10-11-21)17-8-6-7-9-18(17)22/h6-9,13,15H,10-12,14H2,1-5H3,(H,23,24). The van der Waals surface area contributed by atoms with E-state index in [0.29, 0.717) is 12.5 Å². The molecule has 1 saturated carbocycles. The molecule has 1 aliphatic rings. The minimum absolute atomic E-state index is 0.112. The van der Waals surface area contributed by atoms with Crippen LogP contribution in [0.4, 0.5) is 4.39 Å². The van der Waals surface area contributed by atoms with Gasteiger partial charge in [-0.05, 0) is 30.4 Å². The molecule has 6 heteroatoms. The molecule has 0 unspecified atom stereocenters. The van der Waals surface area contributed by atoms with Crippen LogP contribution in [0.1, 0.15) is 49.4 Å². The third kappa shape index (κ3) is 4.15. The first kappa shape index (κ1) is 19.4. The molecular formula is C21H30FN5. The predicted octanol–water partition coefficient (Wildman–Crippen LogP) is 3.42. The highest BCUT2D eigenvalue weighted by molar-refractivity contribution is 5.79. The van der Waals surface area contributed by atoms with Crippen molar-refractivity contribution in [2.45, 2.75) is 44.6 Å². The fourth-order valence-corrected chi connectivity index (χ4v) is 3.71. The summed E-state index contributed by atoms with van der Waals surface area (Å²) in [5.74, 6) is 1.08. The number of benzene rings is 1. The van der Waals surface area contributed by atoms with Crippen LogP contribution in [-0.4, -0.2) is 41.3 Å². The second-order valence-electron chi connectivity index (χ2n) is 7.88. The Labute approximate surface area is 161 Å². The molecule has 1 N–H and O–H groups in total. The minimum Gasteiger partial charge on any atom is -0.355 e. The van der Waals surface area contributed by atoms with E-state index < -0.39 is 0 Å². The van der Waals surface area contributed by atoms with Crippen LogP contribution in [0, 0.1) is 5.82 Å². The first-order valence-corrected chi connectivity index (χ1v) is 9.55. The third-order valence-corrected chi connectivity index (χ3v) is 5.35. The topological polar surface area (TPSA) is 45.5 Å². The Hall–Kier alpha value is -2.37. The number of hydrogen-bond donors (Lipinski definition) is 1. The molecule has 0 radical (unpaired) electrons. The van der Waals surface area contributed by atoms with Crippen molar-refractivity contribution in [3.05, 3.63) is 53.1 Å². The van der Waals surface area contributed by atoms with Crippen molar-refractivity contribution >= 4 is 5.96 Å². The van der Waals surface area contributed by atoms with Gasteiger partial charge in [-0.1, -0.05) is 32.0 Å². The van der Waals surface area contributed by atoms with Gasteiger partial charge in [0.1, 0.15) is 5.82 Å². The number of aliphatic imine (C=N–C) groups is 1. The van der Waals surface area contributed by atoms with Crippen molar-refractivity contribution in [2.24, 2.45) is 12.0 Å². The molecule has 146 valence electrons. The van der Waals surface area contributed by atoms with Gasteiger partial charge < -0.3 is 10.2 Å². The maximum atomic E-state index is 14.2. The van der Waals surface area contributed by atoms with Crippen LogP contribution in [0.5, 0.6) is 0 Å². The predicted molar refractivity (Wildman–Crippen MR) is 107 cm³/mol. The fraction of sp³-hybridized carbons (Fsp3) is 0.524. The Morgan fingerprint density at radius 3 is 2.67 bits per heavy atom. The molecule has 0 spiro atoms. The fourth-order valence-electron chi connectivity index (χ4n) is 3.71. The average molecular weight is 372 g/mol. The van der Waals surface area contributed by atoms with Crippen LogP contribution in [0.15, 0.2) is 35.5 Å². The van der Waals surface area contributed by atoms with Gasteiger partial charge in [0.2, 0.25) is 0 Å². The van der Waals surface area contributed by atoms with Gasteiger partial charge in [0.05, 0.1) is 5.69 Å². The number of nitrogens with one attached hydrogen (secondary N) is 1. The van der Waals surface area contributed by atoms with E-state index in [2.05, 4.69) is 40.4 Å². The Bertz CT molecular complexity index is 820. The largest absolute Gasteiger partial charge is 0.355 e. The number of halogens is 1. The van der Waals surface area contributed by atoms with Crippen molar-refractivity contribution < 1.29 is 4.39 Å². The number of hydrogen-bond acceptors (Lipinski definition) is 2. The Balaban J connectivity index is 1.67. The molecule has 1 aliphatic carbocycles. The highest BCUT2D eigenvalue weighted by atomic mass is 19.1. The molecule has 0 amide bonds. The van der Waals surface area contributed by atoms with Gasteiger partial charge in [0.15, 0.2) is 5.96 Å². The zero-order chi connectivity index (χ0) is 19.6. The molecule has 0 saturated heterocycles. The van der Waals surface area contributed by atoms with Crippen molar-refractivity contribution in [1.29, 1.82) is 0 Å². The summed E-state index contributed by atoms with van der Waals surface area (Å²) in [5.41, 5.74) is 3.02. The number of guanidine groups is 1. The normalized spacial score (nSPS) is 15.9. The summed E-state index contributed by atoms with van der Waals surface area (Å²) in [5, 5.41) is 8.04. The smallest absolute Gasteiger partial charge is 0.193 e. The van der Waals surface area contributed by atoms with Crippen LogP contribution in [0.2, 0.25) is 0 Å². The number of rotatable bonds is 6. The summed E-state index contributed by atoms with van der Waals surface area (Å²) < 4.78 is 16.1. The van der Waals surface area contributed by atoms with Crippen LogP contribution >= 0.6 is 0 Å². The molecule has 27 heavy (non-hydrogen) atoms. The second kappa shape index (κ2) is 7.71. The van der Waals surface area contributed by atoms with E-state index in [-0.39, 0.29) is 11.2 Å². The van der Waals surface area contributed by atoms with Gasteiger partial charge in [0.25, 0.3) is 0 Å². The summed E-state index contributed by atoms with van der Waals surface area (Å²) in [6, 6.07) is 7.11. The van der Waals surface area contributed by atoms with E-state index in [9.17, 15) is 4.39 Å². The summed E-state index contributed by atoms with van der Waals surface area (Å²) in [7, 11) is 5.76. The van der Waals surface area contributed by atoms with Crippen LogP contribution in [-0.2, 0) is 19.0 Å². The molecule has 1 aromatic carbocycles. The maximum absolute atomic E-state index is 14.2. The number of nitrogens with zero attached hydrogens (tertiary/aromatic N) is 4. The lowest BCUT2D eigenvalue weighted by atomic mass is 9.95. The highest BCUT2D eigenvalue weighted by Gasteiger charge is 2.45. The van der Waals surface area contributed by atoms with Gasteiger partial charge in [0, 0.05) is 51.4 Å². The molecule has 1 heterocycles. The van der Waals surface area contributed by atoms with Gasteiger partial charge in [-0.25, -0.2) is 4.39 Å². The van der Waals surface area contributed by atoms with Crippen molar-refractivity contribution in [1.82, 2.24) is 20.0 Å². The lowest BCUT2D eigenvalue weighted by Crippen LogP contribution is -2.42. The van der Waals surface area contributed by atoms with Crippen molar-refractivity contribution in [3.63, 3.8) is 0 Å². The summed E-state index contributed by atoms with van der Waals surface area (Å²) in [4.78, 5) is 6.52. The van der Waals surface area contributed by atoms with Gasteiger partial charge >= 0.3 is 0 Å². The molecule has 5 nitrogen and oxygen atoms in total. The molecule has 1 fully saturated rings. The lowest BCUT2D eigenvalue weighted by Gasteiger charge is -2.25. The van der Waals surface area contributed by atoms with E-state index in [1.807, 2.05) is 30.9 Å². The molecule has 0 atom stereocenters. The van der Waals surface area contributed by atoms with Gasteiger partial charge in [-0.2, -0.15) is 5.10 Å². The van der Waals surface area contributed by atoms with E-state index in [4.69, 9.17) is 0 Å². The summed E-state index contributed by atoms with van der Waals surface area (Å²) in [6.07, 6.45) is 4.07. The van der Waals surface area contributed by atoms with E-state index >= 15 is 0 Å². The van der Waals surface area contributed by atoms with Crippen LogP contribution < -0.4 is 5.32 Å². The molecule has 0 aliphatic heterocycles. The number of aromatic nitrogens is 2. The first-order valence-electron chi connectivity index (χ1n) is 9.55. The third-order valence-electron chi connectivity index (χ3n) is 5.35. The van der Waals surface area contributed by atoms with Crippen molar-refractivity contribution in [2.75, 3.05) is 20.6 Å². The van der Waals surface area contributed by atoms with E-state index in [1.165, 1.54) is 5.56 Å². The summed E-state index contributed by atoms with van der Waals surface area (Å²) in [6.45, 7) is 5.73. The Morgan fingerprint density at radius 1 is 1.37 bits per heavy atom. The Morgan fingerprint density at radius 2 is 2.07 bits per heavy atom. The van der Waals surface area contributed by atoms with Crippen LogP contribution in [0.25, 0.3) is 0 Å². The number of aryl methyl sites for hydroxylation is 1. The quantitative estimate of drug-likeness (QED) is 0.625. The molecule has 2 aromatic rings. The monoisotopic (exact) mass is 371 g/mol. The molecule has 3 rings (SSSR count). The maximum Gasteiger partial charge on any atom is 0.193 e. The second-order valence-corrected chi connectivity index (χ2v) is 7.88. The molecule has 0 bridgehead atoms. The average Bonchev–Trinajstić information content (AvgIpc) is 3.31. The summed E-state index contributed by atoms with van der Waals surface area (Å²) >= 11 is 0. The molecular weight excluding hydrogens is 341 g/mol. The molecule has 1 aromatic heterocycles. The zero-order valence-corrected chi connectivity index (χ0v) is 17.0. The van der Waals surface area contributed by atoms with E-state index in [1.54, 1.807) is 19.2 Å². The van der Waals surface area contributed by atoms with Crippen LogP contribution in [0.3, 0.4) is 0 Å². The van der Waals surface area contributed by atoms with Gasteiger partial charge in [-0.3, -0.25) is 9.67 Å². The lowest BCUT2D eigenvalue weighted by molar-refractivity contribution is 0.464. The Kier molecular flexibility index (Phi) is 5.53. The van der Waals surface area contributed by atoms with E-state index in [0.717, 1.165) is 36.6 Å².